The van der Waals surface area contributed by atoms with E-state index in [1.807, 2.05) is 48.5 Å². The monoisotopic (exact) mass is 459 g/mol. The van der Waals surface area contributed by atoms with Gasteiger partial charge in [-0.25, -0.2) is 13.8 Å². The molecular formula is C26H23F2N5O. The summed E-state index contributed by atoms with van der Waals surface area (Å²) in [5, 5.41) is 5.69. The van der Waals surface area contributed by atoms with Crippen molar-refractivity contribution in [3.05, 3.63) is 94.8 Å². The van der Waals surface area contributed by atoms with Gasteiger partial charge in [0.1, 0.15) is 5.71 Å². The number of aromatic nitrogens is 1. The first kappa shape index (κ1) is 22.0. The largest absolute Gasteiger partial charge is 0.343 e. The predicted molar refractivity (Wildman–Crippen MR) is 127 cm³/mol. The van der Waals surface area contributed by atoms with Crippen molar-refractivity contribution in [3.63, 3.8) is 0 Å². The summed E-state index contributed by atoms with van der Waals surface area (Å²) in [6, 6.07) is 16.8. The normalized spacial score (nSPS) is 14.9. The highest BCUT2D eigenvalue weighted by atomic mass is 19.3. The number of halogens is 2. The minimum atomic E-state index is -2.46. The molecule has 1 atom stereocenters. The van der Waals surface area contributed by atoms with Crippen LogP contribution in [0.5, 0.6) is 0 Å². The van der Waals surface area contributed by atoms with E-state index >= 15 is 0 Å². The van der Waals surface area contributed by atoms with Gasteiger partial charge in [-0.05, 0) is 34.9 Å². The van der Waals surface area contributed by atoms with Crippen molar-refractivity contribution in [2.75, 3.05) is 13.1 Å². The second kappa shape index (κ2) is 9.61. The average molecular weight is 460 g/mol. The lowest BCUT2D eigenvalue weighted by molar-refractivity contribution is -0.115. The first-order chi connectivity index (χ1) is 16.6. The lowest BCUT2D eigenvalue weighted by Gasteiger charge is -2.20. The van der Waals surface area contributed by atoms with Crippen LogP contribution in [0, 0.1) is 0 Å². The highest BCUT2D eigenvalue weighted by molar-refractivity contribution is 6.41. The maximum Gasteiger partial charge on any atom is 0.266 e. The molecule has 8 heteroatoms. The second-order valence-corrected chi connectivity index (χ2v) is 8.26. The number of fused-ring (bicyclic) bond motifs is 2. The molecule has 2 aromatic carbocycles. The Hall–Kier alpha value is -3.78. The number of hydrogen-bond acceptors (Lipinski definition) is 5. The van der Waals surface area contributed by atoms with Crippen LogP contribution in [0.2, 0.25) is 0 Å². The molecule has 5 rings (SSSR count). The molecule has 1 amide bonds. The molecule has 0 spiro atoms. The van der Waals surface area contributed by atoms with Crippen molar-refractivity contribution in [3.8, 4) is 0 Å². The Balaban J connectivity index is 1.34. The molecule has 34 heavy (non-hydrogen) atoms. The summed E-state index contributed by atoms with van der Waals surface area (Å²) in [5.41, 5.74) is 7.04. The van der Waals surface area contributed by atoms with E-state index in [-0.39, 0.29) is 12.5 Å². The molecule has 0 saturated heterocycles. The summed E-state index contributed by atoms with van der Waals surface area (Å²) in [6.07, 6.45) is 1.44. The van der Waals surface area contributed by atoms with Gasteiger partial charge < -0.3 is 10.6 Å². The van der Waals surface area contributed by atoms with Crippen molar-refractivity contribution in [1.82, 2.24) is 15.6 Å². The van der Waals surface area contributed by atoms with Gasteiger partial charge in [0.05, 0.1) is 30.5 Å². The summed E-state index contributed by atoms with van der Waals surface area (Å²) < 4.78 is 25.2. The number of nitrogens with zero attached hydrogens (tertiary/aromatic N) is 3. The topological polar surface area (TPSA) is 78.7 Å². The smallest absolute Gasteiger partial charge is 0.266 e. The summed E-state index contributed by atoms with van der Waals surface area (Å²) >= 11 is 0. The highest BCUT2D eigenvalue weighted by Crippen LogP contribution is 2.34. The molecule has 3 aromatic rings. The number of hydrogen-bond donors (Lipinski definition) is 2. The summed E-state index contributed by atoms with van der Waals surface area (Å²) in [7, 11) is 0. The lowest BCUT2D eigenvalue weighted by atomic mass is 9.97. The molecule has 1 aromatic heterocycles. The number of nitrogens with one attached hydrogen (secondary N) is 2. The maximum absolute atomic E-state index is 13.1. The zero-order valence-corrected chi connectivity index (χ0v) is 18.3. The van der Waals surface area contributed by atoms with Crippen LogP contribution in [-0.2, 0) is 17.8 Å². The average Bonchev–Trinajstić information content (AvgIpc) is 3.46. The fourth-order valence-electron chi connectivity index (χ4n) is 4.30. The fourth-order valence-corrected chi connectivity index (χ4v) is 4.30. The van der Waals surface area contributed by atoms with Gasteiger partial charge in [-0.1, -0.05) is 36.4 Å². The van der Waals surface area contributed by atoms with Crippen molar-refractivity contribution < 1.29 is 13.6 Å². The number of carbonyl (C=O) groups excluding carboxylic acids is 1. The quantitative estimate of drug-likeness (QED) is 0.538. The number of aliphatic imine (C=N–C) groups is 2. The van der Waals surface area contributed by atoms with Gasteiger partial charge in [0.25, 0.3) is 12.3 Å². The molecule has 172 valence electrons. The zero-order chi connectivity index (χ0) is 23.5. The molecule has 6 nitrogen and oxygen atoms in total. The zero-order valence-electron chi connectivity index (χ0n) is 18.3. The first-order valence-corrected chi connectivity index (χ1v) is 11.1. The Labute approximate surface area is 195 Å². The van der Waals surface area contributed by atoms with Crippen LogP contribution in [0.15, 0.2) is 77.0 Å². The molecule has 0 fully saturated rings. The number of pyridine rings is 1. The summed E-state index contributed by atoms with van der Waals surface area (Å²) in [4.78, 5) is 26.4. The third kappa shape index (κ3) is 4.63. The first-order valence-electron chi connectivity index (χ1n) is 11.1. The highest BCUT2D eigenvalue weighted by Gasteiger charge is 2.27. The minimum Gasteiger partial charge on any atom is -0.343 e. The molecular weight excluding hydrogens is 436 g/mol. The van der Waals surface area contributed by atoms with Gasteiger partial charge in [0.2, 0.25) is 0 Å². The summed E-state index contributed by atoms with van der Waals surface area (Å²) in [5.74, 6) is -0.299. The molecule has 2 aliphatic heterocycles. The molecule has 0 unspecified atom stereocenters. The van der Waals surface area contributed by atoms with Crippen LogP contribution in [0.3, 0.4) is 0 Å². The van der Waals surface area contributed by atoms with Crippen LogP contribution in [0.4, 0.5) is 14.5 Å². The van der Waals surface area contributed by atoms with E-state index in [1.165, 1.54) is 0 Å². The van der Waals surface area contributed by atoms with Crippen molar-refractivity contribution in [2.45, 2.75) is 25.4 Å². The molecule has 0 radical (unpaired) electrons. The summed E-state index contributed by atoms with van der Waals surface area (Å²) in [6.45, 7) is 0.354. The molecule has 2 N–H and O–H groups in total. The molecule has 0 aliphatic carbocycles. The van der Waals surface area contributed by atoms with Gasteiger partial charge in [0.15, 0.2) is 0 Å². The van der Waals surface area contributed by atoms with Crippen molar-refractivity contribution in [2.24, 2.45) is 9.98 Å². The Kier molecular flexibility index (Phi) is 6.22. The Morgan fingerprint density at radius 1 is 1.00 bits per heavy atom. The third-order valence-electron chi connectivity index (χ3n) is 5.95. The van der Waals surface area contributed by atoms with Gasteiger partial charge in [-0.15, -0.1) is 0 Å². The van der Waals surface area contributed by atoms with E-state index in [2.05, 4.69) is 31.7 Å². The van der Waals surface area contributed by atoms with E-state index in [0.29, 0.717) is 18.7 Å². The minimum absolute atomic E-state index is 0.195. The molecule has 0 saturated carbocycles. The van der Waals surface area contributed by atoms with Gasteiger partial charge >= 0.3 is 0 Å². The van der Waals surface area contributed by atoms with E-state index in [1.54, 1.807) is 12.4 Å². The Morgan fingerprint density at radius 3 is 2.56 bits per heavy atom. The predicted octanol–water partition coefficient (Wildman–Crippen LogP) is 3.77. The van der Waals surface area contributed by atoms with Crippen LogP contribution >= 0.6 is 0 Å². The third-order valence-corrected chi connectivity index (χ3v) is 5.95. The van der Waals surface area contributed by atoms with Gasteiger partial charge in [-0.3, -0.25) is 14.8 Å². The second-order valence-electron chi connectivity index (χ2n) is 8.26. The fraction of sp³-hybridized carbons (Fsp3) is 0.231. The molecule has 3 heterocycles. The maximum atomic E-state index is 13.1. The molecule has 0 bridgehead atoms. The van der Waals surface area contributed by atoms with E-state index in [0.717, 1.165) is 39.2 Å². The van der Waals surface area contributed by atoms with E-state index in [9.17, 15) is 13.6 Å². The Morgan fingerprint density at radius 2 is 1.79 bits per heavy atom. The van der Waals surface area contributed by atoms with Crippen molar-refractivity contribution >= 4 is 23.0 Å². The van der Waals surface area contributed by atoms with Crippen LogP contribution < -0.4 is 10.6 Å². The van der Waals surface area contributed by atoms with E-state index in [4.69, 9.17) is 0 Å². The Bertz CT molecular complexity index is 1260. The van der Waals surface area contributed by atoms with Crippen molar-refractivity contribution in [1.29, 1.82) is 0 Å². The number of amides is 1. The van der Waals surface area contributed by atoms with Gasteiger partial charge in [-0.2, -0.15) is 0 Å². The number of benzene rings is 2. The lowest BCUT2D eigenvalue weighted by Crippen LogP contribution is -2.40. The van der Waals surface area contributed by atoms with Crippen LogP contribution in [-0.4, -0.2) is 41.8 Å². The standard InChI is InChI=1S/C26H23F2N5O/c27-24(28)15-30-14-23(16-4-2-1-3-5-16)33-26(34)22-11-18-10-19-13-31-25(17-6-8-29-9-7-17)20(19)12-21(18)32-22/h1-10,12,23-24,30H,11,13-15H2,(H,33,34)/t23-/m1/s1. The number of carbonyl (C=O) groups is 1. The number of alkyl halides is 2. The number of rotatable bonds is 8. The van der Waals surface area contributed by atoms with Crippen LogP contribution in [0.1, 0.15) is 33.9 Å². The van der Waals surface area contributed by atoms with Gasteiger partial charge in [0, 0.05) is 36.5 Å². The van der Waals surface area contributed by atoms with E-state index < -0.39 is 19.0 Å². The van der Waals surface area contributed by atoms with Crippen LogP contribution in [0.25, 0.3) is 0 Å². The molecule has 2 aliphatic rings. The SMILES string of the molecule is O=C(N[C@H](CNCC(F)F)c1ccccc1)C1=Nc2cc3c(cc2C1)CN=C3c1ccncc1.